The molecule has 1 amide bonds. The predicted molar refractivity (Wildman–Crippen MR) is 80.1 cm³/mol. The second-order valence-corrected chi connectivity index (χ2v) is 6.35. The molecular weight excluding hydrogens is 266 g/mol. The van der Waals surface area contributed by atoms with Crippen molar-refractivity contribution < 1.29 is 14.6 Å². The normalized spacial score (nSPS) is 23.8. The van der Waals surface area contributed by atoms with Crippen LogP contribution in [0, 0.1) is 5.41 Å². The fourth-order valence-corrected chi connectivity index (χ4v) is 3.85. The van der Waals surface area contributed by atoms with E-state index in [0.717, 1.165) is 18.4 Å². The molecule has 1 aromatic rings. The lowest BCUT2D eigenvalue weighted by molar-refractivity contribution is -0.113. The van der Waals surface area contributed by atoms with Gasteiger partial charge in [0.15, 0.2) is 0 Å². The molecule has 1 atom stereocenters. The van der Waals surface area contributed by atoms with Crippen molar-refractivity contribution in [2.75, 3.05) is 13.2 Å². The van der Waals surface area contributed by atoms with Gasteiger partial charge < -0.3 is 14.7 Å². The van der Waals surface area contributed by atoms with Crippen LogP contribution in [-0.4, -0.2) is 35.3 Å². The van der Waals surface area contributed by atoms with E-state index in [1.807, 2.05) is 30.3 Å². The molecule has 4 heteroatoms. The first kappa shape index (κ1) is 14.4. The van der Waals surface area contributed by atoms with Crippen LogP contribution in [0.3, 0.4) is 0 Å². The highest BCUT2D eigenvalue weighted by atomic mass is 16.5. The third kappa shape index (κ3) is 2.91. The molecule has 1 N–H and O–H groups in total. The quantitative estimate of drug-likeness (QED) is 0.922. The van der Waals surface area contributed by atoms with E-state index in [1.54, 1.807) is 4.90 Å². The fourth-order valence-electron chi connectivity index (χ4n) is 3.85. The minimum Gasteiger partial charge on any atom is -0.465 e. The Labute approximate surface area is 125 Å². The average Bonchev–Trinajstić information content (AvgIpc) is 2.51. The summed E-state index contributed by atoms with van der Waals surface area (Å²) in [4.78, 5) is 12.9. The van der Waals surface area contributed by atoms with Gasteiger partial charge in [-0.3, -0.25) is 0 Å². The first-order valence-electron chi connectivity index (χ1n) is 7.82. The first-order valence-corrected chi connectivity index (χ1v) is 7.82. The molecule has 21 heavy (non-hydrogen) atoms. The maximum Gasteiger partial charge on any atom is 0.407 e. The van der Waals surface area contributed by atoms with Crippen molar-refractivity contribution in [3.63, 3.8) is 0 Å². The molecule has 1 saturated heterocycles. The summed E-state index contributed by atoms with van der Waals surface area (Å²) in [5.74, 6) is 0. The summed E-state index contributed by atoms with van der Waals surface area (Å²) < 4.78 is 5.83. The molecule has 1 aliphatic carbocycles. The SMILES string of the molecule is O=C(O)N1CC2(CCCCC2)C1COCc1ccccc1. The maximum atomic E-state index is 11.3. The number of carbonyl (C=O) groups is 1. The van der Waals surface area contributed by atoms with E-state index in [-0.39, 0.29) is 11.5 Å². The summed E-state index contributed by atoms with van der Waals surface area (Å²) in [6, 6.07) is 10.1. The molecule has 1 heterocycles. The van der Waals surface area contributed by atoms with Crippen LogP contribution in [0.4, 0.5) is 4.79 Å². The summed E-state index contributed by atoms with van der Waals surface area (Å²) in [5.41, 5.74) is 1.32. The monoisotopic (exact) mass is 289 g/mol. The predicted octanol–water partition coefficient (Wildman–Crippen LogP) is 3.52. The highest BCUT2D eigenvalue weighted by molar-refractivity contribution is 5.67. The van der Waals surface area contributed by atoms with Crippen LogP contribution in [0.1, 0.15) is 37.7 Å². The zero-order chi connectivity index (χ0) is 14.7. The lowest BCUT2D eigenvalue weighted by Crippen LogP contribution is -2.68. The topological polar surface area (TPSA) is 49.8 Å². The summed E-state index contributed by atoms with van der Waals surface area (Å²) in [7, 11) is 0. The Morgan fingerprint density at radius 1 is 1.24 bits per heavy atom. The fraction of sp³-hybridized carbons (Fsp3) is 0.588. The number of hydrogen-bond acceptors (Lipinski definition) is 2. The van der Waals surface area contributed by atoms with E-state index in [2.05, 4.69) is 0 Å². The van der Waals surface area contributed by atoms with Crippen LogP contribution >= 0.6 is 0 Å². The Morgan fingerprint density at radius 3 is 2.62 bits per heavy atom. The van der Waals surface area contributed by atoms with Gasteiger partial charge in [0.05, 0.1) is 19.3 Å². The highest BCUT2D eigenvalue weighted by Gasteiger charge is 2.54. The van der Waals surface area contributed by atoms with Crippen molar-refractivity contribution in [3.05, 3.63) is 35.9 Å². The van der Waals surface area contributed by atoms with Gasteiger partial charge in [0.1, 0.15) is 0 Å². The van der Waals surface area contributed by atoms with Gasteiger partial charge in [-0.2, -0.15) is 0 Å². The van der Waals surface area contributed by atoms with Crippen molar-refractivity contribution in [3.8, 4) is 0 Å². The molecule has 114 valence electrons. The number of benzene rings is 1. The second kappa shape index (κ2) is 6.06. The van der Waals surface area contributed by atoms with Crippen molar-refractivity contribution in [2.45, 2.75) is 44.8 Å². The minimum absolute atomic E-state index is 0.0408. The second-order valence-electron chi connectivity index (χ2n) is 6.35. The Hall–Kier alpha value is -1.55. The van der Waals surface area contributed by atoms with E-state index in [4.69, 9.17) is 4.74 Å². The van der Waals surface area contributed by atoms with E-state index < -0.39 is 6.09 Å². The maximum absolute atomic E-state index is 11.3. The van der Waals surface area contributed by atoms with Crippen molar-refractivity contribution in [2.24, 2.45) is 5.41 Å². The number of nitrogens with zero attached hydrogens (tertiary/aromatic N) is 1. The van der Waals surface area contributed by atoms with Crippen molar-refractivity contribution >= 4 is 6.09 Å². The average molecular weight is 289 g/mol. The third-order valence-electron chi connectivity index (χ3n) is 5.05. The molecule has 0 radical (unpaired) electrons. The lowest BCUT2D eigenvalue weighted by Gasteiger charge is -2.58. The third-order valence-corrected chi connectivity index (χ3v) is 5.05. The smallest absolute Gasteiger partial charge is 0.407 e. The van der Waals surface area contributed by atoms with Gasteiger partial charge in [0.25, 0.3) is 0 Å². The Kier molecular flexibility index (Phi) is 4.15. The van der Waals surface area contributed by atoms with Crippen LogP contribution in [0.5, 0.6) is 0 Å². The molecule has 1 saturated carbocycles. The minimum atomic E-state index is -0.806. The van der Waals surface area contributed by atoms with Gasteiger partial charge in [-0.05, 0) is 18.4 Å². The van der Waals surface area contributed by atoms with Crippen LogP contribution in [-0.2, 0) is 11.3 Å². The molecule has 1 spiro atoms. The molecule has 3 rings (SSSR count). The summed E-state index contributed by atoms with van der Waals surface area (Å²) in [6.45, 7) is 1.77. The molecule has 0 bridgehead atoms. The number of likely N-dealkylation sites (tertiary alicyclic amines) is 1. The molecule has 1 aromatic carbocycles. The molecule has 0 aromatic heterocycles. The Balaban J connectivity index is 1.58. The summed E-state index contributed by atoms with van der Waals surface area (Å²) >= 11 is 0. The highest BCUT2D eigenvalue weighted by Crippen LogP contribution is 2.49. The molecule has 2 aliphatic rings. The van der Waals surface area contributed by atoms with Crippen LogP contribution in [0.15, 0.2) is 30.3 Å². The largest absolute Gasteiger partial charge is 0.465 e. The standard InChI is InChI=1S/C17H23NO3/c19-16(20)18-13-17(9-5-2-6-10-17)15(18)12-21-11-14-7-3-1-4-8-14/h1,3-4,7-8,15H,2,5-6,9-13H2,(H,19,20). The number of rotatable bonds is 4. The Morgan fingerprint density at radius 2 is 1.95 bits per heavy atom. The Bertz CT molecular complexity index is 482. The van der Waals surface area contributed by atoms with Gasteiger partial charge in [0, 0.05) is 12.0 Å². The van der Waals surface area contributed by atoms with Crippen LogP contribution in [0.25, 0.3) is 0 Å². The lowest BCUT2D eigenvalue weighted by atomic mass is 9.63. The van der Waals surface area contributed by atoms with Crippen LogP contribution in [0.2, 0.25) is 0 Å². The van der Waals surface area contributed by atoms with Gasteiger partial charge in [-0.15, -0.1) is 0 Å². The van der Waals surface area contributed by atoms with Gasteiger partial charge in [0.2, 0.25) is 0 Å². The van der Waals surface area contributed by atoms with Crippen molar-refractivity contribution in [1.82, 2.24) is 4.90 Å². The van der Waals surface area contributed by atoms with E-state index in [9.17, 15) is 9.90 Å². The number of ether oxygens (including phenoxy) is 1. The molecule has 2 fully saturated rings. The number of carboxylic acid groups (broad SMARTS) is 1. The molecular formula is C17H23NO3. The van der Waals surface area contributed by atoms with Crippen molar-refractivity contribution in [1.29, 1.82) is 0 Å². The van der Waals surface area contributed by atoms with E-state index in [0.29, 0.717) is 19.8 Å². The van der Waals surface area contributed by atoms with Crippen LogP contribution < -0.4 is 0 Å². The number of amides is 1. The van der Waals surface area contributed by atoms with E-state index >= 15 is 0 Å². The van der Waals surface area contributed by atoms with Gasteiger partial charge in [-0.1, -0.05) is 49.6 Å². The zero-order valence-electron chi connectivity index (χ0n) is 12.3. The number of hydrogen-bond donors (Lipinski definition) is 1. The molecule has 4 nitrogen and oxygen atoms in total. The van der Waals surface area contributed by atoms with Gasteiger partial charge >= 0.3 is 6.09 Å². The summed E-state index contributed by atoms with van der Waals surface area (Å²) in [5, 5.41) is 9.30. The van der Waals surface area contributed by atoms with Gasteiger partial charge in [-0.25, -0.2) is 4.79 Å². The first-order chi connectivity index (χ1) is 10.2. The van der Waals surface area contributed by atoms with E-state index in [1.165, 1.54) is 19.3 Å². The molecule has 1 unspecified atom stereocenters. The summed E-state index contributed by atoms with van der Waals surface area (Å²) in [6.07, 6.45) is 5.23. The zero-order valence-corrected chi connectivity index (χ0v) is 12.3. The molecule has 1 aliphatic heterocycles.